The van der Waals surface area contributed by atoms with Crippen molar-refractivity contribution >= 4 is 88.1 Å². The summed E-state index contributed by atoms with van der Waals surface area (Å²) < 4.78 is 75.8. The molecule has 0 radical (unpaired) electrons. The number of ether oxygens (including phenoxy) is 15. The van der Waals surface area contributed by atoms with E-state index in [1.165, 1.54) is 140 Å². The van der Waals surface area contributed by atoms with Gasteiger partial charge in [-0.15, -0.1) is 11.6 Å². The van der Waals surface area contributed by atoms with E-state index in [1.807, 2.05) is 6.92 Å². The van der Waals surface area contributed by atoms with Crippen LogP contribution >= 0.6 is 23.2 Å². The normalized spacial score (nSPS) is 9.75. The Labute approximate surface area is 642 Å². The van der Waals surface area contributed by atoms with E-state index in [-0.39, 0.29) is 87.2 Å². The number of phenolic OH excluding ortho intramolecular Hbond substituents is 1. The predicted octanol–water partition coefficient (Wildman–Crippen LogP) is 14.7. The van der Waals surface area contributed by atoms with Gasteiger partial charge in [-0.1, -0.05) is 65.6 Å². The molecule has 0 bridgehead atoms. The third-order valence-corrected chi connectivity index (χ3v) is 13.2. The number of hydrogen-bond acceptors (Lipinski definition) is 27. The minimum atomic E-state index is -0.614. The lowest BCUT2D eigenvalue weighted by atomic mass is 10.1. The van der Waals surface area contributed by atoms with Crippen molar-refractivity contribution in [2.24, 2.45) is 0 Å². The van der Waals surface area contributed by atoms with Crippen LogP contribution in [0.4, 0.5) is 0 Å². The van der Waals surface area contributed by atoms with Gasteiger partial charge in [0.05, 0.1) is 28.7 Å². The van der Waals surface area contributed by atoms with Crippen LogP contribution in [0.15, 0.2) is 245 Å². The summed E-state index contributed by atoms with van der Waals surface area (Å²) in [6.07, 6.45) is 6.67. The zero-order valence-electron chi connectivity index (χ0n) is 59.7. The molecule has 0 spiro atoms. The highest BCUT2D eigenvalue weighted by atomic mass is 35.5. The fraction of sp³-hybridized carbons (Fsp3) is 0.173. The van der Waals surface area contributed by atoms with Crippen LogP contribution in [0.1, 0.15) is 104 Å². The quantitative estimate of drug-likeness (QED) is 0.00744. The fourth-order valence-corrected chi connectivity index (χ4v) is 7.73. The van der Waals surface area contributed by atoms with Crippen LogP contribution in [-0.4, -0.2) is 110 Å². The second kappa shape index (κ2) is 50.8. The first-order valence-electron chi connectivity index (χ1n) is 32.8. The number of halogens is 2. The number of esters is 10. The van der Waals surface area contributed by atoms with Crippen molar-refractivity contribution in [3.05, 3.63) is 278 Å². The molecule has 0 saturated heterocycles. The molecule has 0 unspecified atom stereocenters. The maximum atomic E-state index is 12.4. The van der Waals surface area contributed by atoms with Gasteiger partial charge in [0.1, 0.15) is 64.1 Å². The minimum absolute atomic E-state index is 0.0862. The van der Waals surface area contributed by atoms with Gasteiger partial charge in [0.25, 0.3) is 5.24 Å². The zero-order chi connectivity index (χ0) is 80.4. The molecule has 1 N–H and O–H groups in total. The summed E-state index contributed by atoms with van der Waals surface area (Å²) in [7, 11) is 0. The number of phenols is 1. The zero-order valence-corrected chi connectivity index (χ0v) is 61.2. The van der Waals surface area contributed by atoms with E-state index in [9.17, 15) is 57.8 Å². The summed E-state index contributed by atoms with van der Waals surface area (Å²) in [5.74, 6) is -1.95. The standard InChI is InChI=1S/C28H22O10.C21H18O8.C17H15ClO6.C12H13ClO3.C3H8/c1-3-25(29)35-17-33-21-9-5-19(6-10-21)27(31)37-23-13-15-24(16-14-23)38-28(32)20-7-11-22(12-8-20)34-18-36-26(30)4-2;1-3-19(22)27-13-25-16-7-5-15(6-8-16)21(24)29-18-11-9-17(10-12-18)26-14-28-20(23)4-2;18-10-9-16(20)23-11-22-14-5-1-12(2-6-14)17(21)24-15-7-3-13(19)4-8-15;1-2-3-11(14)16-8-9-4-6-10(7-5-9)12(13)15;1-3-2/h3-16H,1-2,17-18H2;3-12H,1-2,13-14H2;1-8,19H,9-11H2;4-7H,2-3,8H2,1H3;3H2,1-2H3. The van der Waals surface area contributed by atoms with Crippen molar-refractivity contribution in [1.82, 2.24) is 0 Å². The molecule has 0 aliphatic carbocycles. The Balaban J connectivity index is 0.000000318. The number of hydrogen-bond donors (Lipinski definition) is 1. The van der Waals surface area contributed by atoms with Crippen LogP contribution < -0.4 is 42.6 Å². The lowest BCUT2D eigenvalue weighted by molar-refractivity contribution is -0.150. The summed E-state index contributed by atoms with van der Waals surface area (Å²) >= 11 is 10.7. The van der Waals surface area contributed by atoms with Crippen LogP contribution in [0.5, 0.6) is 57.5 Å². The number of aromatic hydroxyl groups is 1. The lowest BCUT2D eigenvalue weighted by Crippen LogP contribution is -2.11. The molecular weight excluding hydrogens is 1480 g/mol. The number of alkyl halides is 1. The summed E-state index contributed by atoms with van der Waals surface area (Å²) in [4.78, 5) is 126. The molecule has 576 valence electrons. The van der Waals surface area contributed by atoms with Gasteiger partial charge in [-0.2, -0.15) is 0 Å². The molecule has 27 nitrogen and oxygen atoms in total. The fourth-order valence-electron chi connectivity index (χ4n) is 7.45. The molecule has 29 heteroatoms. The second-order valence-electron chi connectivity index (χ2n) is 21.1. The Kier molecular flexibility index (Phi) is 41.1. The monoisotopic (exact) mass is 1550 g/mol. The van der Waals surface area contributed by atoms with Gasteiger partial charge in [-0.25, -0.2) is 38.4 Å². The van der Waals surface area contributed by atoms with E-state index < -0.39 is 59.0 Å². The van der Waals surface area contributed by atoms with Crippen LogP contribution in [0.3, 0.4) is 0 Å². The minimum Gasteiger partial charge on any atom is -0.508 e. The van der Waals surface area contributed by atoms with E-state index >= 15 is 0 Å². The first-order valence-corrected chi connectivity index (χ1v) is 33.7. The Hall–Kier alpha value is -13.5. The largest absolute Gasteiger partial charge is 0.508 e. The van der Waals surface area contributed by atoms with Gasteiger partial charge in [0.2, 0.25) is 34.0 Å². The summed E-state index contributed by atoms with van der Waals surface area (Å²) in [5.41, 5.74) is 2.44. The SMILES string of the molecule is C=CC(=O)OCOc1ccc(C(=O)Oc2ccc(OC(=O)c3ccc(OCOC(=O)C=C)cc3)cc2)cc1.C=CC(=O)OCOc1ccc(OC(=O)c2ccc(OCOC(=O)C=C)cc2)cc1.CCC.CCCC(=O)OCc1ccc(C(=O)Cl)cc1.O=C(CCCl)OCOc1ccc(C(=O)Oc2ccc(O)cc2)cc1. The number of carbonyl (C=O) groups excluding carboxylic acids is 11. The van der Waals surface area contributed by atoms with Gasteiger partial charge < -0.3 is 76.2 Å². The highest BCUT2D eigenvalue weighted by Crippen LogP contribution is 2.25. The Morgan fingerprint density at radius 2 is 0.564 bits per heavy atom. The van der Waals surface area contributed by atoms with Gasteiger partial charge in [0, 0.05) is 42.2 Å². The predicted molar refractivity (Wildman–Crippen MR) is 398 cm³/mol. The lowest BCUT2D eigenvalue weighted by Gasteiger charge is -2.09. The number of benzene rings is 8. The van der Waals surface area contributed by atoms with Crippen LogP contribution in [0.2, 0.25) is 0 Å². The summed E-state index contributed by atoms with van der Waals surface area (Å²) in [5, 5.41) is 8.69. The molecule has 0 aliphatic rings. The molecule has 110 heavy (non-hydrogen) atoms. The molecule has 8 aromatic carbocycles. The van der Waals surface area contributed by atoms with Crippen molar-refractivity contribution in [1.29, 1.82) is 0 Å². The average Bonchev–Trinajstić information content (AvgIpc) is 0.889. The molecule has 8 aromatic rings. The molecule has 8 rings (SSSR count). The highest BCUT2D eigenvalue weighted by molar-refractivity contribution is 6.67. The molecule has 0 fully saturated rings. The molecule has 0 saturated carbocycles. The van der Waals surface area contributed by atoms with Crippen LogP contribution in [-0.2, 0) is 63.8 Å². The molecular formula is C81H76Cl2O27. The number of carbonyl (C=O) groups is 11. The Bertz CT molecular complexity index is 4190. The molecule has 0 aromatic heterocycles. The first kappa shape index (κ1) is 88.9. The van der Waals surface area contributed by atoms with Gasteiger partial charge in [-0.3, -0.25) is 14.4 Å². The topological polar surface area (TPSA) is 346 Å². The molecule has 0 aliphatic heterocycles. The third kappa shape index (κ3) is 36.0. The van der Waals surface area contributed by atoms with Crippen molar-refractivity contribution in [3.63, 3.8) is 0 Å². The maximum Gasteiger partial charge on any atom is 0.343 e. The molecule has 0 atom stereocenters. The van der Waals surface area contributed by atoms with E-state index in [1.54, 1.807) is 60.7 Å². The smallest absolute Gasteiger partial charge is 0.343 e. The first-order chi connectivity index (χ1) is 53.0. The van der Waals surface area contributed by atoms with Gasteiger partial charge in [0.15, 0.2) is 0 Å². The molecule has 0 heterocycles. The third-order valence-electron chi connectivity index (χ3n) is 12.8. The van der Waals surface area contributed by atoms with Crippen molar-refractivity contribution in [3.8, 4) is 57.5 Å². The van der Waals surface area contributed by atoms with E-state index in [0.717, 1.165) is 36.3 Å². The summed E-state index contributed by atoms with van der Waals surface area (Å²) in [6, 6.07) is 48.9. The highest BCUT2D eigenvalue weighted by Gasteiger charge is 2.16. The average molecular weight is 1550 g/mol. The van der Waals surface area contributed by atoms with Crippen molar-refractivity contribution < 1.29 is 129 Å². The van der Waals surface area contributed by atoms with Crippen molar-refractivity contribution in [2.75, 3.05) is 39.8 Å². The Morgan fingerprint density at radius 1 is 0.327 bits per heavy atom. The Morgan fingerprint density at radius 3 is 0.818 bits per heavy atom. The molecule has 0 amide bonds. The number of rotatable bonds is 34. The summed E-state index contributed by atoms with van der Waals surface area (Å²) in [6.45, 7) is 18.2. The van der Waals surface area contributed by atoms with Gasteiger partial charge in [-0.05, 0) is 206 Å². The van der Waals surface area contributed by atoms with E-state index in [2.05, 4.69) is 40.2 Å². The van der Waals surface area contributed by atoms with Crippen LogP contribution in [0, 0.1) is 0 Å². The van der Waals surface area contributed by atoms with E-state index in [0.29, 0.717) is 63.4 Å². The second-order valence-corrected chi connectivity index (χ2v) is 21.8. The maximum absolute atomic E-state index is 12.4. The van der Waals surface area contributed by atoms with Gasteiger partial charge >= 0.3 is 59.7 Å². The van der Waals surface area contributed by atoms with Crippen LogP contribution in [0.25, 0.3) is 0 Å². The van der Waals surface area contributed by atoms with E-state index in [4.69, 9.17) is 94.3 Å². The van der Waals surface area contributed by atoms with Crippen molar-refractivity contribution in [2.45, 2.75) is 53.1 Å².